The van der Waals surface area contributed by atoms with E-state index in [0.717, 1.165) is 28.3 Å². The fraction of sp³-hybridized carbons (Fsp3) is 0.125. The SMILES string of the molecule is CC(=O)Nc1cccc(C2=NCC(c3ccco3)=C2)c1. The second kappa shape index (κ2) is 5.17. The standard InChI is InChI=1S/C16H14N2O2/c1-11(19)18-14-5-2-4-12(8-14)15-9-13(10-17-15)16-6-3-7-20-16/h2-9H,10H2,1H3,(H,18,19). The van der Waals surface area contributed by atoms with Gasteiger partial charge in [-0.25, -0.2) is 0 Å². The van der Waals surface area contributed by atoms with E-state index in [4.69, 9.17) is 4.42 Å². The molecule has 0 fully saturated rings. The lowest BCUT2D eigenvalue weighted by atomic mass is 10.1. The molecule has 1 aromatic carbocycles. The van der Waals surface area contributed by atoms with E-state index in [-0.39, 0.29) is 5.91 Å². The number of hydrogen-bond acceptors (Lipinski definition) is 3. The first kappa shape index (κ1) is 12.4. The zero-order valence-corrected chi connectivity index (χ0v) is 11.1. The molecule has 0 saturated heterocycles. The van der Waals surface area contributed by atoms with Crippen molar-refractivity contribution >= 4 is 22.9 Å². The summed E-state index contributed by atoms with van der Waals surface area (Å²) in [5.41, 5.74) is 3.73. The zero-order valence-electron chi connectivity index (χ0n) is 11.1. The average molecular weight is 266 g/mol. The highest BCUT2D eigenvalue weighted by molar-refractivity contribution is 6.15. The Balaban J connectivity index is 1.85. The summed E-state index contributed by atoms with van der Waals surface area (Å²) in [4.78, 5) is 15.6. The third-order valence-corrected chi connectivity index (χ3v) is 3.05. The smallest absolute Gasteiger partial charge is 0.221 e. The fourth-order valence-electron chi connectivity index (χ4n) is 2.17. The highest BCUT2D eigenvalue weighted by Gasteiger charge is 2.14. The molecule has 0 saturated carbocycles. The first-order valence-corrected chi connectivity index (χ1v) is 6.39. The van der Waals surface area contributed by atoms with Gasteiger partial charge in [0, 0.05) is 23.7 Å². The highest BCUT2D eigenvalue weighted by Crippen LogP contribution is 2.23. The molecule has 0 radical (unpaired) electrons. The molecule has 0 spiro atoms. The van der Waals surface area contributed by atoms with Gasteiger partial charge in [0.1, 0.15) is 5.76 Å². The van der Waals surface area contributed by atoms with Crippen molar-refractivity contribution in [3.05, 3.63) is 60.1 Å². The normalized spacial score (nSPS) is 13.8. The van der Waals surface area contributed by atoms with Crippen LogP contribution in [0, 0.1) is 0 Å². The van der Waals surface area contributed by atoms with Crippen molar-refractivity contribution in [3.63, 3.8) is 0 Å². The molecule has 2 aromatic rings. The molecule has 20 heavy (non-hydrogen) atoms. The third-order valence-electron chi connectivity index (χ3n) is 3.05. The molecule has 2 heterocycles. The van der Waals surface area contributed by atoms with Crippen LogP contribution in [0.1, 0.15) is 18.2 Å². The highest BCUT2D eigenvalue weighted by atomic mass is 16.3. The number of rotatable bonds is 3. The first-order chi connectivity index (χ1) is 9.72. The van der Waals surface area contributed by atoms with E-state index in [1.54, 1.807) is 6.26 Å². The molecule has 1 aromatic heterocycles. The lowest BCUT2D eigenvalue weighted by molar-refractivity contribution is -0.114. The van der Waals surface area contributed by atoms with E-state index in [0.29, 0.717) is 6.54 Å². The van der Waals surface area contributed by atoms with E-state index >= 15 is 0 Å². The summed E-state index contributed by atoms with van der Waals surface area (Å²) in [6, 6.07) is 11.5. The molecular formula is C16H14N2O2. The molecule has 1 aliphatic rings. The Labute approximate surface area is 116 Å². The molecule has 0 unspecified atom stereocenters. The van der Waals surface area contributed by atoms with Crippen LogP contribution in [0.3, 0.4) is 0 Å². The molecule has 0 bridgehead atoms. The number of anilines is 1. The van der Waals surface area contributed by atoms with E-state index < -0.39 is 0 Å². The summed E-state index contributed by atoms with van der Waals surface area (Å²) in [6.07, 6.45) is 3.68. The molecule has 1 amide bonds. The Kier molecular flexibility index (Phi) is 3.21. The van der Waals surface area contributed by atoms with Gasteiger partial charge in [0.2, 0.25) is 5.91 Å². The maximum atomic E-state index is 11.1. The minimum atomic E-state index is -0.0812. The molecular weight excluding hydrogens is 252 g/mol. The Bertz CT molecular complexity index is 697. The second-order valence-electron chi connectivity index (χ2n) is 4.61. The Morgan fingerprint density at radius 1 is 1.30 bits per heavy atom. The number of furan rings is 1. The van der Waals surface area contributed by atoms with Crippen LogP contribution in [0.2, 0.25) is 0 Å². The van der Waals surface area contributed by atoms with Gasteiger partial charge in [-0.15, -0.1) is 0 Å². The second-order valence-corrected chi connectivity index (χ2v) is 4.61. The van der Waals surface area contributed by atoms with Crippen molar-refractivity contribution < 1.29 is 9.21 Å². The van der Waals surface area contributed by atoms with Crippen LogP contribution in [-0.4, -0.2) is 18.2 Å². The number of benzene rings is 1. The number of hydrogen-bond donors (Lipinski definition) is 1. The van der Waals surface area contributed by atoms with Crippen LogP contribution >= 0.6 is 0 Å². The summed E-state index contributed by atoms with van der Waals surface area (Å²) in [5, 5.41) is 2.77. The summed E-state index contributed by atoms with van der Waals surface area (Å²) < 4.78 is 5.38. The van der Waals surface area contributed by atoms with Gasteiger partial charge in [-0.05, 0) is 30.3 Å². The zero-order chi connectivity index (χ0) is 13.9. The molecule has 4 heteroatoms. The third kappa shape index (κ3) is 2.54. The van der Waals surface area contributed by atoms with E-state index in [1.165, 1.54) is 6.92 Å². The number of allylic oxidation sites excluding steroid dienone is 1. The number of amides is 1. The average Bonchev–Trinajstić information content (AvgIpc) is 3.09. The quantitative estimate of drug-likeness (QED) is 0.928. The van der Waals surface area contributed by atoms with Crippen molar-refractivity contribution in [2.75, 3.05) is 11.9 Å². The van der Waals surface area contributed by atoms with Gasteiger partial charge < -0.3 is 9.73 Å². The van der Waals surface area contributed by atoms with Gasteiger partial charge in [-0.1, -0.05) is 12.1 Å². The largest absolute Gasteiger partial charge is 0.465 e. The maximum Gasteiger partial charge on any atom is 0.221 e. The summed E-state index contributed by atoms with van der Waals surface area (Å²) in [7, 11) is 0. The first-order valence-electron chi connectivity index (χ1n) is 6.39. The summed E-state index contributed by atoms with van der Waals surface area (Å²) in [6.45, 7) is 2.11. The van der Waals surface area contributed by atoms with Gasteiger partial charge in [-0.3, -0.25) is 9.79 Å². The predicted octanol–water partition coefficient (Wildman–Crippen LogP) is 3.12. The molecule has 100 valence electrons. The Morgan fingerprint density at radius 2 is 2.20 bits per heavy atom. The number of carbonyl (C=O) groups excluding carboxylic acids is 1. The van der Waals surface area contributed by atoms with Crippen molar-refractivity contribution in [1.29, 1.82) is 0 Å². The van der Waals surface area contributed by atoms with Gasteiger partial charge >= 0.3 is 0 Å². The maximum absolute atomic E-state index is 11.1. The number of aliphatic imine (C=N–C) groups is 1. The van der Waals surface area contributed by atoms with E-state index in [2.05, 4.69) is 10.3 Å². The van der Waals surface area contributed by atoms with Crippen molar-refractivity contribution in [2.24, 2.45) is 4.99 Å². The lowest BCUT2D eigenvalue weighted by Gasteiger charge is -2.04. The van der Waals surface area contributed by atoms with Crippen LogP contribution in [0.4, 0.5) is 5.69 Å². The number of nitrogens with one attached hydrogen (secondary N) is 1. The monoisotopic (exact) mass is 266 g/mol. The summed E-state index contributed by atoms with van der Waals surface area (Å²) in [5.74, 6) is 0.768. The lowest BCUT2D eigenvalue weighted by Crippen LogP contribution is -2.06. The van der Waals surface area contributed by atoms with Gasteiger partial charge in [0.05, 0.1) is 18.5 Å². The molecule has 0 aliphatic carbocycles. The van der Waals surface area contributed by atoms with Gasteiger partial charge in [0.15, 0.2) is 0 Å². The van der Waals surface area contributed by atoms with Crippen LogP contribution in [0.5, 0.6) is 0 Å². The van der Waals surface area contributed by atoms with Crippen LogP contribution < -0.4 is 5.32 Å². The minimum Gasteiger partial charge on any atom is -0.465 e. The van der Waals surface area contributed by atoms with Crippen LogP contribution in [0.15, 0.2) is 58.1 Å². The number of nitrogens with zero attached hydrogens (tertiary/aromatic N) is 1. The van der Waals surface area contributed by atoms with E-state index in [1.807, 2.05) is 42.5 Å². The predicted molar refractivity (Wildman–Crippen MR) is 78.8 cm³/mol. The van der Waals surface area contributed by atoms with E-state index in [9.17, 15) is 4.79 Å². The Hall–Kier alpha value is -2.62. The fourth-order valence-corrected chi connectivity index (χ4v) is 2.17. The van der Waals surface area contributed by atoms with Crippen LogP contribution in [0.25, 0.3) is 5.57 Å². The topological polar surface area (TPSA) is 54.6 Å². The van der Waals surface area contributed by atoms with Crippen LogP contribution in [-0.2, 0) is 4.79 Å². The van der Waals surface area contributed by atoms with Gasteiger partial charge in [0.25, 0.3) is 0 Å². The molecule has 1 N–H and O–H groups in total. The van der Waals surface area contributed by atoms with Crippen molar-refractivity contribution in [2.45, 2.75) is 6.92 Å². The molecule has 0 atom stereocenters. The van der Waals surface area contributed by atoms with Crippen molar-refractivity contribution in [1.82, 2.24) is 0 Å². The minimum absolute atomic E-state index is 0.0812. The molecule has 3 rings (SSSR count). The number of carbonyl (C=O) groups is 1. The van der Waals surface area contributed by atoms with Crippen molar-refractivity contribution in [3.8, 4) is 0 Å². The van der Waals surface area contributed by atoms with Gasteiger partial charge in [-0.2, -0.15) is 0 Å². The molecule has 1 aliphatic heterocycles. The molecule has 4 nitrogen and oxygen atoms in total. The Morgan fingerprint density at radius 3 is 2.95 bits per heavy atom. The summed E-state index contributed by atoms with van der Waals surface area (Å²) >= 11 is 0.